The Morgan fingerprint density at radius 1 is 0.810 bits per heavy atom. The molecule has 100 valence electrons. The van der Waals surface area contributed by atoms with Crippen molar-refractivity contribution in [3.8, 4) is 0 Å². The highest BCUT2D eigenvalue weighted by molar-refractivity contribution is 7.26. The second-order valence-electron chi connectivity index (χ2n) is 5.13. The van der Waals surface area contributed by atoms with E-state index in [-0.39, 0.29) is 0 Å². The molecule has 0 bridgehead atoms. The van der Waals surface area contributed by atoms with Gasteiger partial charge in [0.1, 0.15) is 11.2 Å². The molecule has 0 fully saturated rings. The molecule has 0 aliphatic carbocycles. The number of benzene rings is 3. The smallest absolute Gasteiger partial charge is 0.146 e. The summed E-state index contributed by atoms with van der Waals surface area (Å²) < 4.78 is 8.57. The van der Waals surface area contributed by atoms with Gasteiger partial charge in [0, 0.05) is 30.9 Å². The Hall–Kier alpha value is -2.03. The van der Waals surface area contributed by atoms with Crippen molar-refractivity contribution in [2.24, 2.45) is 0 Å². The summed E-state index contributed by atoms with van der Waals surface area (Å²) >= 11 is 8.29. The lowest BCUT2D eigenvalue weighted by Gasteiger charge is -1.97. The number of fused-ring (bicyclic) bond motifs is 7. The fourth-order valence-corrected chi connectivity index (χ4v) is 4.55. The van der Waals surface area contributed by atoms with E-state index < -0.39 is 0 Å². The summed E-state index contributed by atoms with van der Waals surface area (Å²) in [7, 11) is 0. The van der Waals surface area contributed by atoms with E-state index in [2.05, 4.69) is 36.4 Å². The van der Waals surface area contributed by atoms with E-state index in [0.29, 0.717) is 0 Å². The summed E-state index contributed by atoms with van der Waals surface area (Å²) in [5, 5.41) is 5.26. The Morgan fingerprint density at radius 2 is 1.57 bits per heavy atom. The minimum atomic E-state index is 0.758. The second-order valence-corrected chi connectivity index (χ2v) is 6.62. The molecular formula is C18H9ClOS. The number of para-hydroxylation sites is 1. The summed E-state index contributed by atoms with van der Waals surface area (Å²) in [6, 6.07) is 18.5. The van der Waals surface area contributed by atoms with Crippen LogP contribution < -0.4 is 0 Å². The third-order valence-corrected chi connectivity index (χ3v) is 5.36. The molecule has 0 spiro atoms. The van der Waals surface area contributed by atoms with Crippen molar-refractivity contribution in [1.82, 2.24) is 0 Å². The first kappa shape index (κ1) is 11.6. The monoisotopic (exact) mass is 308 g/mol. The van der Waals surface area contributed by atoms with Gasteiger partial charge in [-0.05, 0) is 18.2 Å². The van der Waals surface area contributed by atoms with Crippen molar-refractivity contribution in [3.05, 3.63) is 59.6 Å². The molecule has 5 aromatic rings. The maximum Gasteiger partial charge on any atom is 0.146 e. The molecule has 0 radical (unpaired) electrons. The highest BCUT2D eigenvalue weighted by atomic mass is 35.5. The van der Waals surface area contributed by atoms with Crippen LogP contribution in [0, 0.1) is 0 Å². The normalized spacial score (nSPS) is 12.0. The number of rotatable bonds is 0. The van der Waals surface area contributed by atoms with Gasteiger partial charge in [0.15, 0.2) is 0 Å². The topological polar surface area (TPSA) is 13.1 Å². The molecule has 0 saturated carbocycles. The fourth-order valence-electron chi connectivity index (χ4n) is 3.05. The molecule has 0 N–H and O–H groups in total. The van der Waals surface area contributed by atoms with E-state index in [0.717, 1.165) is 27.0 Å². The molecule has 0 atom stereocenters. The number of hydrogen-bond donors (Lipinski definition) is 0. The molecule has 1 nitrogen and oxygen atoms in total. The highest BCUT2D eigenvalue weighted by Gasteiger charge is 2.17. The first-order chi connectivity index (χ1) is 10.3. The second kappa shape index (κ2) is 4.00. The van der Waals surface area contributed by atoms with Gasteiger partial charge in [-0.2, -0.15) is 0 Å². The van der Waals surface area contributed by atoms with Crippen LogP contribution in [0.1, 0.15) is 0 Å². The largest absolute Gasteiger partial charge is 0.455 e. The van der Waals surface area contributed by atoms with Crippen LogP contribution in [0.5, 0.6) is 0 Å². The van der Waals surface area contributed by atoms with E-state index in [1.54, 1.807) is 11.3 Å². The predicted octanol–water partition coefficient (Wildman–Crippen LogP) is 6.61. The van der Waals surface area contributed by atoms with E-state index >= 15 is 0 Å². The first-order valence-electron chi connectivity index (χ1n) is 6.74. The average molecular weight is 309 g/mol. The molecule has 5 rings (SSSR count). The molecule has 0 saturated heterocycles. The molecule has 0 amide bonds. The highest BCUT2D eigenvalue weighted by Crippen LogP contribution is 2.44. The van der Waals surface area contributed by atoms with Gasteiger partial charge >= 0.3 is 0 Å². The van der Waals surface area contributed by atoms with Crippen LogP contribution in [-0.2, 0) is 0 Å². The molecule has 3 aromatic carbocycles. The Labute approximate surface area is 129 Å². The average Bonchev–Trinajstić information content (AvgIpc) is 3.04. The lowest BCUT2D eigenvalue weighted by atomic mass is 10.1. The zero-order chi connectivity index (χ0) is 14.0. The Balaban J connectivity index is 2.17. The lowest BCUT2D eigenvalue weighted by molar-refractivity contribution is 0.673. The van der Waals surface area contributed by atoms with Crippen LogP contribution in [0.25, 0.3) is 42.1 Å². The van der Waals surface area contributed by atoms with E-state index in [9.17, 15) is 0 Å². The SMILES string of the molecule is Clc1cc2sc3ccccc3c2c2oc3ccccc3c12. The van der Waals surface area contributed by atoms with Gasteiger partial charge in [0.25, 0.3) is 0 Å². The van der Waals surface area contributed by atoms with Gasteiger partial charge in [0.05, 0.1) is 5.02 Å². The van der Waals surface area contributed by atoms with Crippen LogP contribution in [0.3, 0.4) is 0 Å². The van der Waals surface area contributed by atoms with E-state index in [1.807, 2.05) is 18.2 Å². The van der Waals surface area contributed by atoms with Crippen molar-refractivity contribution in [2.45, 2.75) is 0 Å². The zero-order valence-electron chi connectivity index (χ0n) is 10.9. The van der Waals surface area contributed by atoms with Gasteiger partial charge in [-0.15, -0.1) is 11.3 Å². The maximum absolute atomic E-state index is 6.53. The van der Waals surface area contributed by atoms with Crippen molar-refractivity contribution < 1.29 is 4.42 Å². The van der Waals surface area contributed by atoms with Crippen molar-refractivity contribution in [1.29, 1.82) is 0 Å². The molecule has 21 heavy (non-hydrogen) atoms. The number of thiophene rings is 1. The number of hydrogen-bond acceptors (Lipinski definition) is 2. The first-order valence-corrected chi connectivity index (χ1v) is 7.93. The summed E-state index contributed by atoms with van der Waals surface area (Å²) in [6.45, 7) is 0. The van der Waals surface area contributed by atoms with E-state index in [4.69, 9.17) is 16.0 Å². The quantitative estimate of drug-likeness (QED) is 0.314. The molecular weight excluding hydrogens is 300 g/mol. The predicted molar refractivity (Wildman–Crippen MR) is 91.6 cm³/mol. The molecule has 0 aliphatic heterocycles. The third-order valence-electron chi connectivity index (χ3n) is 3.94. The summed E-state index contributed by atoms with van der Waals surface area (Å²) in [5.74, 6) is 0. The number of furan rings is 1. The maximum atomic E-state index is 6.53. The molecule has 0 unspecified atom stereocenters. The molecule has 2 aromatic heterocycles. The van der Waals surface area contributed by atoms with Crippen LogP contribution in [0.15, 0.2) is 59.0 Å². The van der Waals surface area contributed by atoms with Crippen LogP contribution in [-0.4, -0.2) is 0 Å². The Kier molecular flexibility index (Phi) is 2.21. The van der Waals surface area contributed by atoms with E-state index in [1.165, 1.54) is 20.2 Å². The number of halogens is 1. The van der Waals surface area contributed by atoms with Crippen molar-refractivity contribution in [2.75, 3.05) is 0 Å². The molecule has 2 heterocycles. The standard InChI is InChI=1S/C18H9ClOS/c19-12-9-15-17(11-6-2-4-8-14(11)21-15)18-16(12)10-5-1-3-7-13(10)20-18/h1-9H. The Morgan fingerprint density at radius 3 is 2.48 bits per heavy atom. The van der Waals surface area contributed by atoms with Gasteiger partial charge < -0.3 is 4.42 Å². The van der Waals surface area contributed by atoms with Crippen LogP contribution in [0.2, 0.25) is 5.02 Å². The van der Waals surface area contributed by atoms with Crippen LogP contribution in [0.4, 0.5) is 0 Å². The lowest BCUT2D eigenvalue weighted by Crippen LogP contribution is -1.72. The minimum Gasteiger partial charge on any atom is -0.455 e. The summed E-state index contributed by atoms with van der Waals surface area (Å²) in [4.78, 5) is 0. The van der Waals surface area contributed by atoms with Gasteiger partial charge in [-0.3, -0.25) is 0 Å². The Bertz CT molecular complexity index is 1150. The van der Waals surface area contributed by atoms with Crippen molar-refractivity contribution >= 4 is 65.0 Å². The minimum absolute atomic E-state index is 0.758. The molecule has 3 heteroatoms. The molecule has 0 aliphatic rings. The van der Waals surface area contributed by atoms with Crippen molar-refractivity contribution in [3.63, 3.8) is 0 Å². The van der Waals surface area contributed by atoms with Crippen LogP contribution >= 0.6 is 22.9 Å². The van der Waals surface area contributed by atoms with Gasteiger partial charge in [0.2, 0.25) is 0 Å². The summed E-state index contributed by atoms with van der Waals surface area (Å²) in [6.07, 6.45) is 0. The zero-order valence-corrected chi connectivity index (χ0v) is 12.5. The fraction of sp³-hybridized carbons (Fsp3) is 0. The van der Waals surface area contributed by atoms with Gasteiger partial charge in [-0.25, -0.2) is 0 Å². The summed E-state index contributed by atoms with van der Waals surface area (Å²) in [5.41, 5.74) is 1.79. The third kappa shape index (κ3) is 1.46. The van der Waals surface area contributed by atoms with Gasteiger partial charge in [-0.1, -0.05) is 48.0 Å².